The Labute approximate surface area is 120 Å². The zero-order valence-corrected chi connectivity index (χ0v) is 13.3. The Morgan fingerprint density at radius 1 is 1.16 bits per heavy atom. The van der Waals surface area contributed by atoms with Crippen LogP contribution in [0.15, 0.2) is 0 Å². The van der Waals surface area contributed by atoms with E-state index in [2.05, 4.69) is 25.7 Å². The molecule has 0 aromatic rings. The highest BCUT2D eigenvalue weighted by atomic mass is 15.1. The third-order valence-corrected chi connectivity index (χ3v) is 5.59. The Bertz CT molecular complexity index is 274. The van der Waals surface area contributed by atoms with Crippen LogP contribution in [-0.2, 0) is 0 Å². The molecule has 0 aromatic heterocycles. The van der Waals surface area contributed by atoms with Gasteiger partial charge in [0.2, 0.25) is 0 Å². The maximum atomic E-state index is 6.38. The summed E-state index contributed by atoms with van der Waals surface area (Å²) in [5.74, 6) is 1.70. The van der Waals surface area contributed by atoms with Crippen molar-refractivity contribution in [1.29, 1.82) is 0 Å². The van der Waals surface area contributed by atoms with E-state index in [-0.39, 0.29) is 0 Å². The van der Waals surface area contributed by atoms with E-state index < -0.39 is 0 Å². The molecule has 1 saturated heterocycles. The molecule has 3 atom stereocenters. The van der Waals surface area contributed by atoms with Gasteiger partial charge in [0, 0.05) is 12.6 Å². The van der Waals surface area contributed by atoms with Crippen molar-refractivity contribution in [1.82, 2.24) is 4.90 Å². The van der Waals surface area contributed by atoms with Crippen molar-refractivity contribution in [3.05, 3.63) is 0 Å². The first-order valence-electron chi connectivity index (χ1n) is 8.48. The average molecular weight is 266 g/mol. The van der Waals surface area contributed by atoms with E-state index >= 15 is 0 Å². The first kappa shape index (κ1) is 15.3. The Hall–Kier alpha value is -0.0800. The predicted molar refractivity (Wildman–Crippen MR) is 83.2 cm³/mol. The molecule has 2 heteroatoms. The topological polar surface area (TPSA) is 29.3 Å². The maximum Gasteiger partial charge on any atom is 0.00797 e. The van der Waals surface area contributed by atoms with E-state index in [1.807, 2.05) is 0 Å². The van der Waals surface area contributed by atoms with Crippen molar-refractivity contribution in [3.8, 4) is 0 Å². The highest BCUT2D eigenvalue weighted by molar-refractivity contribution is 4.89. The molecule has 19 heavy (non-hydrogen) atoms. The number of nitrogens with two attached hydrogens (primary N) is 1. The monoisotopic (exact) mass is 266 g/mol. The Balaban J connectivity index is 1.85. The predicted octanol–water partition coefficient (Wildman–Crippen LogP) is 3.65. The van der Waals surface area contributed by atoms with Gasteiger partial charge in [0.1, 0.15) is 0 Å². The fraction of sp³-hybridized carbons (Fsp3) is 1.00. The fourth-order valence-electron chi connectivity index (χ4n) is 4.10. The summed E-state index contributed by atoms with van der Waals surface area (Å²) >= 11 is 0. The van der Waals surface area contributed by atoms with Crippen molar-refractivity contribution in [2.24, 2.45) is 23.0 Å². The molecule has 0 bridgehead atoms. The van der Waals surface area contributed by atoms with E-state index in [4.69, 9.17) is 5.73 Å². The van der Waals surface area contributed by atoms with Crippen LogP contribution in [0.2, 0.25) is 0 Å². The molecule has 2 aliphatic rings. The van der Waals surface area contributed by atoms with Crippen molar-refractivity contribution in [2.45, 2.75) is 71.8 Å². The summed E-state index contributed by atoms with van der Waals surface area (Å²) in [7, 11) is 0. The molecule has 1 heterocycles. The zero-order valence-electron chi connectivity index (χ0n) is 13.3. The van der Waals surface area contributed by atoms with E-state index in [0.717, 1.165) is 11.8 Å². The summed E-state index contributed by atoms with van der Waals surface area (Å²) in [5.41, 5.74) is 6.90. The molecule has 1 aliphatic carbocycles. The summed E-state index contributed by atoms with van der Waals surface area (Å²) in [5, 5.41) is 0. The van der Waals surface area contributed by atoms with Crippen LogP contribution in [0, 0.1) is 17.3 Å². The molecule has 0 spiro atoms. The van der Waals surface area contributed by atoms with Gasteiger partial charge in [0.25, 0.3) is 0 Å². The van der Waals surface area contributed by atoms with Crippen molar-refractivity contribution < 1.29 is 0 Å². The second kappa shape index (κ2) is 6.58. The molecule has 0 aromatic carbocycles. The zero-order chi connectivity index (χ0) is 13.9. The van der Waals surface area contributed by atoms with Gasteiger partial charge in [0.15, 0.2) is 0 Å². The highest BCUT2D eigenvalue weighted by Crippen LogP contribution is 2.38. The molecule has 1 saturated carbocycles. The number of rotatable bonds is 3. The average Bonchev–Trinajstić information content (AvgIpc) is 2.59. The largest absolute Gasteiger partial charge is 0.327 e. The van der Waals surface area contributed by atoms with Gasteiger partial charge in [-0.1, -0.05) is 27.2 Å². The van der Waals surface area contributed by atoms with E-state index in [1.54, 1.807) is 0 Å². The van der Waals surface area contributed by atoms with Gasteiger partial charge in [-0.05, 0) is 68.9 Å². The lowest BCUT2D eigenvalue weighted by Gasteiger charge is -2.41. The van der Waals surface area contributed by atoms with Gasteiger partial charge < -0.3 is 10.6 Å². The molecule has 2 fully saturated rings. The summed E-state index contributed by atoms with van der Waals surface area (Å²) in [4.78, 5) is 2.71. The van der Waals surface area contributed by atoms with E-state index in [0.29, 0.717) is 11.5 Å². The summed E-state index contributed by atoms with van der Waals surface area (Å²) in [6.07, 6.45) is 9.46. The lowest BCUT2D eigenvalue weighted by molar-refractivity contribution is 0.115. The smallest absolute Gasteiger partial charge is 0.00797 e. The summed E-state index contributed by atoms with van der Waals surface area (Å²) in [6.45, 7) is 11.0. The molecular weight excluding hydrogens is 232 g/mol. The van der Waals surface area contributed by atoms with E-state index in [1.165, 1.54) is 64.6 Å². The molecule has 112 valence electrons. The first-order chi connectivity index (χ1) is 9.00. The van der Waals surface area contributed by atoms with Crippen LogP contribution in [0.25, 0.3) is 0 Å². The molecule has 2 nitrogen and oxygen atoms in total. The van der Waals surface area contributed by atoms with Gasteiger partial charge in [-0.15, -0.1) is 0 Å². The Morgan fingerprint density at radius 3 is 2.68 bits per heavy atom. The number of hydrogen-bond donors (Lipinski definition) is 1. The van der Waals surface area contributed by atoms with Crippen molar-refractivity contribution >= 4 is 0 Å². The second-order valence-corrected chi connectivity index (χ2v) is 7.84. The number of hydrogen-bond acceptors (Lipinski definition) is 2. The lowest BCUT2D eigenvalue weighted by Crippen LogP contribution is -2.45. The third-order valence-electron chi connectivity index (χ3n) is 5.59. The molecule has 0 radical (unpaired) electrons. The fourth-order valence-corrected chi connectivity index (χ4v) is 4.10. The molecule has 3 unspecified atom stereocenters. The standard InChI is InChI=1S/C17H34N2/c1-4-14-6-5-10-19(11-8-14)13-15-12-17(2,3)9-7-16(15)18/h14-16H,4-13,18H2,1-3H3. The van der Waals surface area contributed by atoms with Crippen LogP contribution < -0.4 is 5.73 Å². The minimum absolute atomic E-state index is 0.443. The van der Waals surface area contributed by atoms with Gasteiger partial charge in [-0.3, -0.25) is 0 Å². The molecule has 2 rings (SSSR count). The lowest BCUT2D eigenvalue weighted by atomic mass is 9.70. The number of likely N-dealkylation sites (tertiary alicyclic amines) is 1. The van der Waals surface area contributed by atoms with Gasteiger partial charge >= 0.3 is 0 Å². The summed E-state index contributed by atoms with van der Waals surface area (Å²) < 4.78 is 0. The SMILES string of the molecule is CCC1CCCN(CC2CC(C)(C)CCC2N)CC1. The molecule has 2 N–H and O–H groups in total. The third kappa shape index (κ3) is 4.46. The maximum absolute atomic E-state index is 6.38. The Morgan fingerprint density at radius 2 is 1.95 bits per heavy atom. The number of nitrogens with zero attached hydrogens (tertiary/aromatic N) is 1. The minimum atomic E-state index is 0.443. The highest BCUT2D eigenvalue weighted by Gasteiger charge is 2.34. The normalized spacial score (nSPS) is 36.9. The quantitative estimate of drug-likeness (QED) is 0.845. The van der Waals surface area contributed by atoms with Crippen LogP contribution in [0.3, 0.4) is 0 Å². The van der Waals surface area contributed by atoms with Crippen LogP contribution in [0.1, 0.15) is 65.7 Å². The second-order valence-electron chi connectivity index (χ2n) is 7.84. The Kier molecular flexibility index (Phi) is 5.30. The van der Waals surface area contributed by atoms with Gasteiger partial charge in [-0.2, -0.15) is 0 Å². The summed E-state index contributed by atoms with van der Waals surface area (Å²) in [6, 6.07) is 0.443. The van der Waals surface area contributed by atoms with Crippen molar-refractivity contribution in [2.75, 3.05) is 19.6 Å². The van der Waals surface area contributed by atoms with Crippen LogP contribution in [-0.4, -0.2) is 30.6 Å². The first-order valence-corrected chi connectivity index (χ1v) is 8.48. The van der Waals surface area contributed by atoms with Gasteiger partial charge in [0.05, 0.1) is 0 Å². The molecule has 1 aliphatic heterocycles. The van der Waals surface area contributed by atoms with Crippen LogP contribution >= 0.6 is 0 Å². The molecular formula is C17H34N2. The minimum Gasteiger partial charge on any atom is -0.327 e. The van der Waals surface area contributed by atoms with E-state index in [9.17, 15) is 0 Å². The molecule has 0 amide bonds. The van der Waals surface area contributed by atoms with Gasteiger partial charge in [-0.25, -0.2) is 0 Å². The van der Waals surface area contributed by atoms with Crippen LogP contribution in [0.4, 0.5) is 0 Å². The van der Waals surface area contributed by atoms with Crippen molar-refractivity contribution in [3.63, 3.8) is 0 Å². The van der Waals surface area contributed by atoms with Crippen LogP contribution in [0.5, 0.6) is 0 Å².